The minimum Gasteiger partial charge on any atom is -0.481 e. The lowest BCUT2D eigenvalue weighted by Gasteiger charge is -2.37. The van der Waals surface area contributed by atoms with Gasteiger partial charge in [-0.25, -0.2) is 0 Å². The van der Waals surface area contributed by atoms with Crippen molar-refractivity contribution in [2.75, 3.05) is 72.0 Å². The Hall–Kier alpha value is -1.72. The normalized spacial score (nSPS) is 36.7. The molecular weight excluding hydrogens is 446 g/mol. The average molecular weight is 494 g/mol. The van der Waals surface area contributed by atoms with Crippen LogP contribution in [-0.2, 0) is 9.59 Å². The van der Waals surface area contributed by atoms with E-state index in [4.69, 9.17) is 5.11 Å². The number of carboxylic acids is 1. The second-order valence-electron chi connectivity index (χ2n) is 11.7. The zero-order valence-electron chi connectivity index (χ0n) is 21.8. The van der Waals surface area contributed by atoms with Gasteiger partial charge in [0, 0.05) is 82.6 Å². The van der Waals surface area contributed by atoms with Crippen LogP contribution in [0.3, 0.4) is 0 Å². The van der Waals surface area contributed by atoms with Gasteiger partial charge in [0.1, 0.15) is 0 Å². The number of rotatable bonds is 5. The highest BCUT2D eigenvalue weighted by Gasteiger charge is 2.37. The highest BCUT2D eigenvalue weighted by atomic mass is 16.4. The van der Waals surface area contributed by atoms with Crippen molar-refractivity contribution in [3.8, 4) is 0 Å². The number of hydrogen-bond donors (Lipinski definition) is 8. The third-order valence-corrected chi connectivity index (χ3v) is 7.60. The van der Waals surface area contributed by atoms with Crippen LogP contribution in [0.25, 0.3) is 0 Å². The molecule has 4 atom stereocenters. The fraction of sp³-hybridized carbons (Fsp3) is 0.840. The van der Waals surface area contributed by atoms with E-state index in [1.165, 1.54) is 5.57 Å². The SMILES string of the molecule is CC1CNC[C@]2(C)CNC/C3=C\NC[C@](NC(=O)CCCC(=O)O)(CNC1)CNCC3(C)CNC2. The van der Waals surface area contributed by atoms with Crippen molar-refractivity contribution in [1.82, 2.24) is 37.2 Å². The smallest absolute Gasteiger partial charge is 0.303 e. The van der Waals surface area contributed by atoms with Crippen LogP contribution in [-0.4, -0.2) is 94.5 Å². The molecule has 0 aromatic carbocycles. The fourth-order valence-corrected chi connectivity index (χ4v) is 5.33. The topological polar surface area (TPSA) is 139 Å². The van der Waals surface area contributed by atoms with E-state index in [9.17, 15) is 9.59 Å². The molecule has 2 saturated heterocycles. The molecule has 1 amide bonds. The predicted molar refractivity (Wildman–Crippen MR) is 138 cm³/mol. The van der Waals surface area contributed by atoms with Gasteiger partial charge < -0.3 is 42.3 Å². The summed E-state index contributed by atoms with van der Waals surface area (Å²) in [7, 11) is 0. The van der Waals surface area contributed by atoms with E-state index in [1.54, 1.807) is 0 Å². The van der Waals surface area contributed by atoms with Gasteiger partial charge in [-0.2, -0.15) is 0 Å². The van der Waals surface area contributed by atoms with Gasteiger partial charge in [-0.15, -0.1) is 0 Å². The van der Waals surface area contributed by atoms with E-state index in [1.807, 2.05) is 0 Å². The molecule has 0 radical (unpaired) electrons. The molecular formula is C25H47N7O3. The molecule has 4 aliphatic rings. The van der Waals surface area contributed by atoms with Crippen LogP contribution in [0.15, 0.2) is 11.8 Å². The first-order chi connectivity index (χ1) is 16.6. The molecule has 35 heavy (non-hydrogen) atoms. The van der Waals surface area contributed by atoms with E-state index >= 15 is 0 Å². The molecule has 4 bridgehead atoms. The molecule has 2 fully saturated rings. The molecule has 0 saturated carbocycles. The van der Waals surface area contributed by atoms with E-state index in [2.05, 4.69) is 64.2 Å². The number of fused-ring (bicyclic) bond motifs is 14. The summed E-state index contributed by atoms with van der Waals surface area (Å²) in [5.41, 5.74) is 0.818. The van der Waals surface area contributed by atoms with Crippen molar-refractivity contribution in [1.29, 1.82) is 0 Å². The summed E-state index contributed by atoms with van der Waals surface area (Å²) >= 11 is 0. The average Bonchev–Trinajstić information content (AvgIpc) is 2.86. The first-order valence-electron chi connectivity index (χ1n) is 13.1. The maximum atomic E-state index is 12.8. The Labute approximate surface area is 210 Å². The fourth-order valence-electron chi connectivity index (χ4n) is 5.33. The van der Waals surface area contributed by atoms with Crippen molar-refractivity contribution < 1.29 is 14.7 Å². The highest BCUT2D eigenvalue weighted by molar-refractivity contribution is 5.77. The van der Waals surface area contributed by atoms with Crippen LogP contribution >= 0.6 is 0 Å². The van der Waals surface area contributed by atoms with Crippen molar-refractivity contribution in [2.24, 2.45) is 16.7 Å². The number of amides is 1. The maximum Gasteiger partial charge on any atom is 0.303 e. The molecule has 4 aliphatic heterocycles. The number of carboxylic acid groups (broad SMARTS) is 1. The summed E-state index contributed by atoms with van der Waals surface area (Å²) < 4.78 is 0. The summed E-state index contributed by atoms with van der Waals surface area (Å²) in [4.78, 5) is 23.7. The summed E-state index contributed by atoms with van der Waals surface area (Å²) in [5.74, 6) is -0.538. The lowest BCUT2D eigenvalue weighted by Crippen LogP contribution is -2.65. The van der Waals surface area contributed by atoms with E-state index in [0.717, 1.165) is 52.4 Å². The molecule has 0 aromatic heterocycles. The molecule has 8 N–H and O–H groups in total. The van der Waals surface area contributed by atoms with Gasteiger partial charge in [0.2, 0.25) is 5.91 Å². The van der Waals surface area contributed by atoms with Gasteiger partial charge in [-0.3, -0.25) is 9.59 Å². The highest BCUT2D eigenvalue weighted by Crippen LogP contribution is 2.28. The zero-order chi connectivity index (χ0) is 25.4. The summed E-state index contributed by atoms with van der Waals surface area (Å²) in [5, 5.41) is 34.2. The minimum absolute atomic E-state index is 0.00316. The lowest BCUT2D eigenvalue weighted by atomic mass is 9.81. The lowest BCUT2D eigenvalue weighted by molar-refractivity contribution is -0.137. The molecule has 4 heterocycles. The van der Waals surface area contributed by atoms with E-state index < -0.39 is 11.5 Å². The van der Waals surface area contributed by atoms with Crippen LogP contribution in [0, 0.1) is 16.7 Å². The van der Waals surface area contributed by atoms with Crippen LogP contribution < -0.4 is 37.2 Å². The molecule has 0 aromatic rings. The molecule has 10 heteroatoms. The zero-order valence-corrected chi connectivity index (χ0v) is 21.8. The Balaban J connectivity index is 1.83. The molecule has 4 rings (SSSR count). The van der Waals surface area contributed by atoms with Crippen molar-refractivity contribution in [3.63, 3.8) is 0 Å². The Kier molecular flexibility index (Phi) is 9.94. The van der Waals surface area contributed by atoms with Gasteiger partial charge in [0.25, 0.3) is 0 Å². The van der Waals surface area contributed by atoms with Crippen LogP contribution in [0.4, 0.5) is 0 Å². The Bertz CT molecular complexity index is 763. The molecule has 0 spiro atoms. The minimum atomic E-state index is -0.872. The Morgan fingerprint density at radius 2 is 1.54 bits per heavy atom. The van der Waals surface area contributed by atoms with Crippen molar-refractivity contribution in [3.05, 3.63) is 11.8 Å². The summed E-state index contributed by atoms with van der Waals surface area (Å²) in [6, 6.07) is 0. The third-order valence-electron chi connectivity index (χ3n) is 7.60. The van der Waals surface area contributed by atoms with Gasteiger partial charge >= 0.3 is 5.97 Å². The van der Waals surface area contributed by atoms with E-state index in [0.29, 0.717) is 32.0 Å². The number of nitrogens with one attached hydrogen (secondary N) is 7. The monoisotopic (exact) mass is 493 g/mol. The molecule has 2 unspecified atom stereocenters. The first kappa shape index (κ1) is 27.9. The van der Waals surface area contributed by atoms with Crippen LogP contribution in [0.1, 0.15) is 40.0 Å². The quantitative estimate of drug-likeness (QED) is 0.248. The maximum absolute atomic E-state index is 12.8. The predicted octanol–water partition coefficient (Wildman–Crippen LogP) is -0.793. The Morgan fingerprint density at radius 3 is 2.29 bits per heavy atom. The third kappa shape index (κ3) is 8.42. The number of aliphatic carboxylic acids is 1. The van der Waals surface area contributed by atoms with E-state index in [-0.39, 0.29) is 29.6 Å². The van der Waals surface area contributed by atoms with Crippen LogP contribution in [0.2, 0.25) is 0 Å². The van der Waals surface area contributed by atoms with Gasteiger partial charge in [0.05, 0.1) is 5.54 Å². The van der Waals surface area contributed by atoms with Gasteiger partial charge in [-0.05, 0) is 37.2 Å². The standard InChI is InChI=1S/C25H47N7O3/c1-19-7-26-11-23(2)12-28-9-20-10-29-17-25(16-27-8-19,32-21(33)5-4-6-22(34)35)18-31-15-24(20,3)14-30-13-23/h10,19,26-31H,4-9,11-18H2,1-3H3,(H,32,33)(H,34,35)/b20-10+/t19?,23-,24?,25-/m1/s1. The number of carbonyl (C=O) groups is 2. The van der Waals surface area contributed by atoms with Crippen molar-refractivity contribution in [2.45, 2.75) is 45.6 Å². The molecule has 10 nitrogen and oxygen atoms in total. The van der Waals surface area contributed by atoms with Crippen molar-refractivity contribution >= 4 is 11.9 Å². The van der Waals surface area contributed by atoms with Crippen LogP contribution in [0.5, 0.6) is 0 Å². The second kappa shape index (κ2) is 12.5. The first-order valence-corrected chi connectivity index (χ1v) is 13.1. The second-order valence-corrected chi connectivity index (χ2v) is 11.7. The molecule has 0 aliphatic carbocycles. The number of carbonyl (C=O) groups excluding carboxylic acids is 1. The van der Waals surface area contributed by atoms with Gasteiger partial charge in [-0.1, -0.05) is 20.8 Å². The Morgan fingerprint density at radius 1 is 0.914 bits per heavy atom. The molecule has 200 valence electrons. The summed E-state index contributed by atoms with van der Waals surface area (Å²) in [6.45, 7) is 15.7. The summed E-state index contributed by atoms with van der Waals surface area (Å²) in [6.07, 6.45) is 2.69. The number of hydrogen-bond acceptors (Lipinski definition) is 8. The largest absolute Gasteiger partial charge is 0.481 e. The van der Waals surface area contributed by atoms with Gasteiger partial charge in [0.15, 0.2) is 0 Å².